The highest BCUT2D eigenvalue weighted by molar-refractivity contribution is 5.71. The number of furan rings is 1. The molecular formula is C18H18N2O3. The molecule has 5 nitrogen and oxygen atoms in total. The molecule has 0 aliphatic rings. The highest BCUT2D eigenvalue weighted by Crippen LogP contribution is 2.34. The lowest BCUT2D eigenvalue weighted by Gasteiger charge is -2.07. The van der Waals surface area contributed by atoms with E-state index in [1.54, 1.807) is 26.4 Å². The number of nitrogen functional groups attached to an aromatic ring is 2. The first-order valence-corrected chi connectivity index (χ1v) is 7.10. The maximum Gasteiger partial charge on any atom is 0.142 e. The van der Waals surface area contributed by atoms with Crippen LogP contribution in [0.15, 0.2) is 52.9 Å². The van der Waals surface area contributed by atoms with Crippen molar-refractivity contribution in [2.75, 3.05) is 25.7 Å². The van der Waals surface area contributed by atoms with Gasteiger partial charge in [-0.2, -0.15) is 0 Å². The van der Waals surface area contributed by atoms with Gasteiger partial charge in [0.25, 0.3) is 0 Å². The van der Waals surface area contributed by atoms with Gasteiger partial charge >= 0.3 is 0 Å². The molecule has 0 amide bonds. The zero-order valence-electron chi connectivity index (χ0n) is 13.0. The molecule has 0 bridgehead atoms. The molecule has 0 radical (unpaired) electrons. The standard InChI is InChI=1S/C18H18N2O3/c1-21-17-9-11(3-5-13(17)19)15-7-8-16(23-15)12-4-6-14(20)18(10-12)22-2/h3-10H,19-20H2,1-2H3. The minimum atomic E-state index is 0.589. The second-order valence-electron chi connectivity index (χ2n) is 5.08. The van der Waals surface area contributed by atoms with Crippen molar-refractivity contribution < 1.29 is 13.9 Å². The van der Waals surface area contributed by atoms with Crippen LogP contribution in [-0.4, -0.2) is 14.2 Å². The Morgan fingerprint density at radius 3 is 1.52 bits per heavy atom. The number of methoxy groups -OCH3 is 2. The highest BCUT2D eigenvalue weighted by Gasteiger charge is 2.10. The van der Waals surface area contributed by atoms with Crippen LogP contribution in [0.3, 0.4) is 0 Å². The van der Waals surface area contributed by atoms with Crippen LogP contribution in [0.25, 0.3) is 22.6 Å². The summed E-state index contributed by atoms with van der Waals surface area (Å²) >= 11 is 0. The predicted octanol–water partition coefficient (Wildman–Crippen LogP) is 3.80. The Bertz CT molecular complexity index is 772. The lowest BCUT2D eigenvalue weighted by Crippen LogP contribution is -1.92. The normalized spacial score (nSPS) is 10.5. The first kappa shape index (κ1) is 14.8. The van der Waals surface area contributed by atoms with Crippen LogP contribution >= 0.6 is 0 Å². The summed E-state index contributed by atoms with van der Waals surface area (Å²) in [5, 5.41) is 0. The third-order valence-electron chi connectivity index (χ3n) is 3.64. The minimum Gasteiger partial charge on any atom is -0.495 e. The molecule has 3 rings (SSSR count). The molecule has 118 valence electrons. The fraction of sp³-hybridized carbons (Fsp3) is 0.111. The number of hydrogen-bond acceptors (Lipinski definition) is 5. The monoisotopic (exact) mass is 310 g/mol. The summed E-state index contributed by atoms with van der Waals surface area (Å²) in [6, 6.07) is 14.9. The van der Waals surface area contributed by atoms with Gasteiger partial charge < -0.3 is 25.4 Å². The molecule has 1 aromatic heterocycles. The van der Waals surface area contributed by atoms with Gasteiger partial charge in [-0.25, -0.2) is 0 Å². The maximum atomic E-state index is 5.94. The molecule has 1 heterocycles. The Morgan fingerprint density at radius 1 is 0.696 bits per heavy atom. The minimum absolute atomic E-state index is 0.589. The number of hydrogen-bond donors (Lipinski definition) is 2. The van der Waals surface area contributed by atoms with Gasteiger partial charge in [0.2, 0.25) is 0 Å². The van der Waals surface area contributed by atoms with E-state index in [1.807, 2.05) is 36.4 Å². The molecule has 0 spiro atoms. The summed E-state index contributed by atoms with van der Waals surface area (Å²) in [5.74, 6) is 2.70. The van der Waals surface area contributed by atoms with Gasteiger partial charge in [-0.1, -0.05) is 0 Å². The van der Waals surface area contributed by atoms with Crippen molar-refractivity contribution in [1.29, 1.82) is 0 Å². The zero-order valence-corrected chi connectivity index (χ0v) is 13.0. The fourth-order valence-electron chi connectivity index (χ4n) is 2.38. The molecule has 4 N–H and O–H groups in total. The Kier molecular flexibility index (Phi) is 3.85. The van der Waals surface area contributed by atoms with Gasteiger partial charge in [0.15, 0.2) is 0 Å². The summed E-state index contributed by atoms with van der Waals surface area (Å²) in [6.45, 7) is 0. The lowest BCUT2D eigenvalue weighted by atomic mass is 10.1. The van der Waals surface area contributed by atoms with E-state index in [0.29, 0.717) is 22.9 Å². The third-order valence-corrected chi connectivity index (χ3v) is 3.64. The zero-order chi connectivity index (χ0) is 16.4. The number of rotatable bonds is 4. The summed E-state index contributed by atoms with van der Waals surface area (Å²) in [6.07, 6.45) is 0. The SMILES string of the molecule is COc1cc(-c2ccc(-c3ccc(N)c(OC)c3)o2)ccc1N. The second-order valence-corrected chi connectivity index (χ2v) is 5.08. The van der Waals surface area contributed by atoms with Crippen LogP contribution in [0.4, 0.5) is 11.4 Å². The Hall–Kier alpha value is -3.08. The van der Waals surface area contributed by atoms with E-state index in [1.165, 1.54) is 0 Å². The van der Waals surface area contributed by atoms with E-state index in [4.69, 9.17) is 25.4 Å². The molecule has 0 fully saturated rings. The average Bonchev–Trinajstić information content (AvgIpc) is 3.05. The van der Waals surface area contributed by atoms with E-state index >= 15 is 0 Å². The maximum absolute atomic E-state index is 5.94. The second kappa shape index (κ2) is 5.96. The molecular weight excluding hydrogens is 292 g/mol. The van der Waals surface area contributed by atoms with Gasteiger partial charge in [0, 0.05) is 11.1 Å². The van der Waals surface area contributed by atoms with Gasteiger partial charge in [0.1, 0.15) is 23.0 Å². The smallest absolute Gasteiger partial charge is 0.142 e. The van der Waals surface area contributed by atoms with E-state index in [0.717, 1.165) is 22.6 Å². The van der Waals surface area contributed by atoms with Crippen LogP contribution in [0.5, 0.6) is 11.5 Å². The molecule has 5 heteroatoms. The van der Waals surface area contributed by atoms with E-state index in [-0.39, 0.29) is 0 Å². The molecule has 3 aromatic rings. The van der Waals surface area contributed by atoms with Crippen molar-refractivity contribution in [3.63, 3.8) is 0 Å². The predicted molar refractivity (Wildman–Crippen MR) is 91.5 cm³/mol. The van der Waals surface area contributed by atoms with Crippen molar-refractivity contribution in [2.24, 2.45) is 0 Å². The van der Waals surface area contributed by atoms with Gasteiger partial charge in [-0.05, 0) is 48.5 Å². The van der Waals surface area contributed by atoms with Crippen LogP contribution in [-0.2, 0) is 0 Å². The van der Waals surface area contributed by atoms with Gasteiger partial charge in [0.05, 0.1) is 25.6 Å². The van der Waals surface area contributed by atoms with E-state index in [2.05, 4.69) is 0 Å². The van der Waals surface area contributed by atoms with E-state index < -0.39 is 0 Å². The van der Waals surface area contributed by atoms with Crippen molar-refractivity contribution in [1.82, 2.24) is 0 Å². The topological polar surface area (TPSA) is 83.6 Å². The molecule has 0 aliphatic carbocycles. The Balaban J connectivity index is 1.97. The summed E-state index contributed by atoms with van der Waals surface area (Å²) in [7, 11) is 3.17. The number of anilines is 2. The number of ether oxygens (including phenoxy) is 2. The van der Waals surface area contributed by atoms with Gasteiger partial charge in [-0.15, -0.1) is 0 Å². The quantitative estimate of drug-likeness (QED) is 0.716. The van der Waals surface area contributed by atoms with Crippen molar-refractivity contribution in [3.05, 3.63) is 48.5 Å². The Labute approximate surface area is 134 Å². The Morgan fingerprint density at radius 2 is 1.13 bits per heavy atom. The summed E-state index contributed by atoms with van der Waals surface area (Å²) < 4.78 is 16.4. The highest BCUT2D eigenvalue weighted by atomic mass is 16.5. The summed E-state index contributed by atoms with van der Waals surface area (Å²) in [5.41, 5.74) is 14.6. The summed E-state index contributed by atoms with van der Waals surface area (Å²) in [4.78, 5) is 0. The fourth-order valence-corrected chi connectivity index (χ4v) is 2.38. The van der Waals surface area contributed by atoms with Crippen molar-refractivity contribution >= 4 is 11.4 Å². The average molecular weight is 310 g/mol. The van der Waals surface area contributed by atoms with Crippen LogP contribution in [0.2, 0.25) is 0 Å². The molecule has 0 saturated heterocycles. The first-order chi connectivity index (χ1) is 11.1. The van der Waals surface area contributed by atoms with Gasteiger partial charge in [-0.3, -0.25) is 0 Å². The number of benzene rings is 2. The van der Waals surface area contributed by atoms with Crippen LogP contribution in [0.1, 0.15) is 0 Å². The first-order valence-electron chi connectivity index (χ1n) is 7.10. The lowest BCUT2D eigenvalue weighted by molar-refractivity contribution is 0.417. The van der Waals surface area contributed by atoms with Crippen molar-refractivity contribution in [2.45, 2.75) is 0 Å². The number of nitrogens with two attached hydrogens (primary N) is 2. The van der Waals surface area contributed by atoms with Crippen LogP contribution < -0.4 is 20.9 Å². The van der Waals surface area contributed by atoms with Crippen molar-refractivity contribution in [3.8, 4) is 34.1 Å². The molecule has 0 atom stereocenters. The van der Waals surface area contributed by atoms with E-state index in [9.17, 15) is 0 Å². The molecule has 0 saturated carbocycles. The largest absolute Gasteiger partial charge is 0.495 e. The van der Waals surface area contributed by atoms with Crippen LogP contribution in [0, 0.1) is 0 Å². The molecule has 23 heavy (non-hydrogen) atoms. The molecule has 0 unspecified atom stereocenters. The molecule has 0 aliphatic heterocycles. The molecule has 2 aromatic carbocycles. The third kappa shape index (κ3) is 2.81.